The summed E-state index contributed by atoms with van der Waals surface area (Å²) < 4.78 is 34.9. The summed E-state index contributed by atoms with van der Waals surface area (Å²) in [4.78, 5) is 11.0. The molecule has 0 aliphatic heterocycles. The van der Waals surface area contributed by atoms with Gasteiger partial charge >= 0.3 is 0 Å². The Kier molecular flexibility index (Phi) is 7.27. The van der Waals surface area contributed by atoms with Gasteiger partial charge in [-0.2, -0.15) is 8.42 Å². The van der Waals surface area contributed by atoms with Gasteiger partial charge in [0.05, 0.1) is 20.6 Å². The van der Waals surface area contributed by atoms with Crippen molar-refractivity contribution in [3.8, 4) is 0 Å². The van der Waals surface area contributed by atoms with Gasteiger partial charge in [0.15, 0.2) is 0 Å². The first-order valence-electron chi connectivity index (χ1n) is 7.58. The molecule has 0 saturated carbocycles. The lowest BCUT2D eigenvalue weighted by molar-refractivity contribution is -0.387. The van der Waals surface area contributed by atoms with Crippen LogP contribution < -0.4 is 0 Å². The monoisotopic (exact) mass is 416 g/mol. The molecule has 0 unspecified atom stereocenters. The maximum absolute atomic E-state index is 12.7. The van der Waals surface area contributed by atoms with Gasteiger partial charge in [-0.25, -0.2) is 0 Å². The molecule has 0 aliphatic rings. The van der Waals surface area contributed by atoms with Gasteiger partial charge in [0.2, 0.25) is 0 Å². The summed E-state index contributed by atoms with van der Waals surface area (Å²) in [7, 11) is -5.53. The van der Waals surface area contributed by atoms with E-state index in [0.717, 1.165) is 0 Å². The number of nitro benzene ring substituents is 1. The summed E-state index contributed by atoms with van der Waals surface area (Å²) in [6, 6.07) is 13.5. The molecule has 10 heteroatoms. The molecule has 0 N–H and O–H groups in total. The van der Waals surface area contributed by atoms with Gasteiger partial charge < -0.3 is 4.74 Å². The highest BCUT2D eigenvalue weighted by Crippen LogP contribution is 2.28. The minimum absolute atomic E-state index is 0.000838. The highest BCUT2D eigenvalue weighted by atomic mass is 35.5. The SMILES string of the molecule is CCO[C@@H](CCl)[S@](=NS(=O)(=O)c1ccccc1)c1ccccc1[N+](=O)[O-]. The molecule has 0 spiro atoms. The number of halogens is 1. The normalized spacial score (nSPS) is 14.1. The molecule has 7 nitrogen and oxygen atoms in total. The van der Waals surface area contributed by atoms with E-state index >= 15 is 0 Å². The van der Waals surface area contributed by atoms with Crippen molar-refractivity contribution >= 4 is 38.0 Å². The number of ether oxygens (including phenoxy) is 1. The third-order valence-electron chi connectivity index (χ3n) is 3.23. The number of sulfonamides is 1. The Labute approximate surface area is 159 Å². The molecule has 0 heterocycles. The van der Waals surface area contributed by atoms with Gasteiger partial charge in [-0.15, -0.1) is 15.4 Å². The van der Waals surface area contributed by atoms with E-state index in [4.69, 9.17) is 16.3 Å². The van der Waals surface area contributed by atoms with Crippen LogP contribution in [-0.2, 0) is 25.5 Å². The molecule has 0 bridgehead atoms. The van der Waals surface area contributed by atoms with Gasteiger partial charge in [-0.1, -0.05) is 30.3 Å². The Morgan fingerprint density at radius 3 is 2.38 bits per heavy atom. The van der Waals surface area contributed by atoms with Gasteiger partial charge in [0.25, 0.3) is 15.7 Å². The van der Waals surface area contributed by atoms with Crippen LogP contribution in [0.15, 0.2) is 68.2 Å². The van der Waals surface area contributed by atoms with Gasteiger partial charge in [0.1, 0.15) is 5.44 Å². The molecular formula is C16H17ClN2O5S2. The van der Waals surface area contributed by atoms with Crippen molar-refractivity contribution < 1.29 is 18.1 Å². The summed E-state index contributed by atoms with van der Waals surface area (Å²) in [5.74, 6) is -0.0587. The van der Waals surface area contributed by atoms with Gasteiger partial charge in [-0.05, 0) is 35.8 Å². The fourth-order valence-corrected chi connectivity index (χ4v) is 6.20. The number of nitro groups is 1. The number of nitrogens with zero attached hydrogens (tertiary/aromatic N) is 2. The maximum Gasteiger partial charge on any atom is 0.288 e. The van der Waals surface area contributed by atoms with Crippen molar-refractivity contribution in [3.05, 3.63) is 64.7 Å². The van der Waals surface area contributed by atoms with Crippen LogP contribution in [-0.4, -0.2) is 31.3 Å². The molecule has 0 aromatic heterocycles. The largest absolute Gasteiger partial charge is 0.365 e. The van der Waals surface area contributed by atoms with Crippen molar-refractivity contribution in [2.24, 2.45) is 3.77 Å². The summed E-state index contributed by atoms with van der Waals surface area (Å²) in [6.07, 6.45) is 0. The van der Waals surface area contributed by atoms with Crippen molar-refractivity contribution in [1.82, 2.24) is 0 Å². The summed E-state index contributed by atoms with van der Waals surface area (Å²) in [6.45, 7) is 1.99. The van der Waals surface area contributed by atoms with Crippen LogP contribution in [0.25, 0.3) is 0 Å². The number of rotatable bonds is 8. The minimum Gasteiger partial charge on any atom is -0.365 e. The first-order chi connectivity index (χ1) is 12.4. The molecule has 2 rings (SSSR count). The van der Waals surface area contributed by atoms with Crippen LogP contribution >= 0.6 is 11.6 Å². The van der Waals surface area contributed by atoms with E-state index in [2.05, 4.69) is 3.77 Å². The third kappa shape index (κ3) is 4.88. The van der Waals surface area contributed by atoms with Crippen molar-refractivity contribution in [2.45, 2.75) is 22.2 Å². The van der Waals surface area contributed by atoms with Crippen LogP contribution in [0.1, 0.15) is 6.92 Å². The zero-order valence-electron chi connectivity index (χ0n) is 13.8. The highest BCUT2D eigenvalue weighted by molar-refractivity contribution is 8.00. The summed E-state index contributed by atoms with van der Waals surface area (Å²) in [5.41, 5.74) is -1.03. The van der Waals surface area contributed by atoms with Crippen molar-refractivity contribution in [1.29, 1.82) is 0 Å². The molecule has 0 amide bonds. The Bertz CT molecular complexity index is 904. The number of hydrogen-bond acceptors (Lipinski definition) is 5. The number of hydrogen-bond donors (Lipinski definition) is 0. The zero-order chi connectivity index (χ0) is 19.2. The lowest BCUT2D eigenvalue weighted by Crippen LogP contribution is -2.23. The molecule has 140 valence electrons. The average Bonchev–Trinajstić information content (AvgIpc) is 2.65. The maximum atomic E-state index is 12.7. The lowest BCUT2D eigenvalue weighted by atomic mass is 10.3. The van der Waals surface area contributed by atoms with Gasteiger partial charge in [-0.3, -0.25) is 10.1 Å². The van der Waals surface area contributed by atoms with E-state index in [1.165, 1.54) is 30.3 Å². The Morgan fingerprint density at radius 2 is 1.81 bits per heavy atom. The van der Waals surface area contributed by atoms with Crippen LogP contribution in [0, 0.1) is 10.1 Å². The Hall–Kier alpha value is -1.81. The predicted molar refractivity (Wildman–Crippen MR) is 101 cm³/mol. The van der Waals surface area contributed by atoms with Crippen LogP contribution in [0.3, 0.4) is 0 Å². The van der Waals surface area contributed by atoms with Crippen LogP contribution in [0.4, 0.5) is 5.69 Å². The Morgan fingerprint density at radius 1 is 1.19 bits per heavy atom. The second-order valence-electron chi connectivity index (χ2n) is 4.94. The standard InChI is InChI=1S/C16H17ClN2O5S2/c1-2-24-16(12-17)25(15-11-7-6-10-14(15)19(20)21)18-26(22,23)13-8-4-3-5-9-13/h3-11,16H,2,12H2,1H3/t16-,25-/m1/s1. The molecule has 2 atom stereocenters. The van der Waals surface area contributed by atoms with Crippen molar-refractivity contribution in [2.75, 3.05) is 12.5 Å². The molecule has 2 aromatic carbocycles. The van der Waals surface area contributed by atoms with E-state index in [1.807, 2.05) is 0 Å². The topological polar surface area (TPSA) is 98.9 Å². The number of alkyl halides is 1. The number of benzene rings is 2. The van der Waals surface area contributed by atoms with E-state index in [0.29, 0.717) is 0 Å². The average molecular weight is 417 g/mol. The minimum atomic E-state index is -4.05. The second kappa shape index (κ2) is 9.22. The fourth-order valence-electron chi connectivity index (χ4n) is 2.11. The first kappa shape index (κ1) is 20.5. The molecule has 2 aromatic rings. The van der Waals surface area contributed by atoms with E-state index < -0.39 is 31.1 Å². The molecular weight excluding hydrogens is 400 g/mol. The predicted octanol–water partition coefficient (Wildman–Crippen LogP) is 3.75. The Balaban J connectivity index is 2.68. The molecule has 0 saturated heterocycles. The fraction of sp³-hybridized carbons (Fsp3) is 0.250. The zero-order valence-corrected chi connectivity index (χ0v) is 16.2. The van der Waals surface area contributed by atoms with Gasteiger partial charge in [0, 0.05) is 12.7 Å². The highest BCUT2D eigenvalue weighted by Gasteiger charge is 2.26. The smallest absolute Gasteiger partial charge is 0.288 e. The molecule has 0 fully saturated rings. The lowest BCUT2D eigenvalue weighted by Gasteiger charge is -2.18. The molecule has 0 radical (unpaired) electrons. The molecule has 0 aliphatic carbocycles. The third-order valence-corrected chi connectivity index (χ3v) is 7.59. The van der Waals surface area contributed by atoms with E-state index in [9.17, 15) is 18.5 Å². The first-order valence-corrected chi connectivity index (χ1v) is 10.8. The second-order valence-corrected chi connectivity index (χ2v) is 8.86. The quantitative estimate of drug-likeness (QED) is 0.370. The number of para-hydroxylation sites is 1. The van der Waals surface area contributed by atoms with Crippen LogP contribution in [0.2, 0.25) is 0 Å². The van der Waals surface area contributed by atoms with Crippen LogP contribution in [0.5, 0.6) is 0 Å². The molecule has 26 heavy (non-hydrogen) atoms. The van der Waals surface area contributed by atoms with E-state index in [-0.39, 0.29) is 28.0 Å². The van der Waals surface area contributed by atoms with E-state index in [1.54, 1.807) is 31.2 Å². The summed E-state index contributed by atoms with van der Waals surface area (Å²) >= 11 is 5.96. The summed E-state index contributed by atoms with van der Waals surface area (Å²) in [5, 5.41) is 11.4. The van der Waals surface area contributed by atoms with Crippen molar-refractivity contribution in [3.63, 3.8) is 0 Å².